The van der Waals surface area contributed by atoms with Crippen molar-refractivity contribution in [2.75, 3.05) is 26.3 Å². The summed E-state index contributed by atoms with van der Waals surface area (Å²) in [5.74, 6) is 1.67. The van der Waals surface area contributed by atoms with Crippen LogP contribution in [-0.4, -0.2) is 89.1 Å². The zero-order valence-electron chi connectivity index (χ0n) is 41.8. The smallest absolute Gasteiger partial charge is 0.410 e. The molecule has 0 N–H and O–H groups in total. The standard InChI is InChI=1S/C53H74N6O6Si2/c1-11-45-48(55-50(59(45)38-63-32-34-67(8,9)10)47-20-16-30-58(47)52(61)65-53(2,3)4)43-27-23-41(24-28-43)40-21-25-42(26-22-40)44-35-56(37-62-31-33-66(5,6)7)49(54-44)46-19-15-29-57(46)51(60)64-36-39-17-13-12-14-18-39/h12-14,17-18,21-28,35,46-47H,11,15-16,19-20,29-34,36-38H2,1-10H3/t46-,47?/m0/s1. The van der Waals surface area contributed by atoms with E-state index < -0.39 is 21.7 Å². The van der Waals surface area contributed by atoms with Gasteiger partial charge < -0.3 is 28.1 Å². The molecular weight excluding hydrogens is 873 g/mol. The second-order valence-corrected chi connectivity index (χ2v) is 32.8. The summed E-state index contributed by atoms with van der Waals surface area (Å²) in [6.45, 7) is 25.7. The first kappa shape index (κ1) is 49.9. The maximum Gasteiger partial charge on any atom is 0.410 e. The Morgan fingerprint density at radius 3 is 1.78 bits per heavy atom. The molecule has 2 fully saturated rings. The summed E-state index contributed by atoms with van der Waals surface area (Å²) >= 11 is 0. The number of ether oxygens (including phenoxy) is 4. The van der Waals surface area contributed by atoms with Crippen LogP contribution in [-0.2, 0) is 45.4 Å². The molecule has 0 spiro atoms. The second kappa shape index (κ2) is 21.5. The van der Waals surface area contributed by atoms with Crippen molar-refractivity contribution in [3.8, 4) is 33.6 Å². The van der Waals surface area contributed by atoms with Crippen molar-refractivity contribution >= 4 is 28.3 Å². The minimum Gasteiger partial charge on any atom is -0.445 e. The number of aromatic nitrogens is 4. The molecule has 12 nitrogen and oxygen atoms in total. The molecule has 2 aliphatic heterocycles. The highest BCUT2D eigenvalue weighted by Gasteiger charge is 2.38. The van der Waals surface area contributed by atoms with Crippen LogP contribution in [0, 0.1) is 0 Å². The van der Waals surface area contributed by atoms with Gasteiger partial charge in [0.25, 0.3) is 0 Å². The van der Waals surface area contributed by atoms with Gasteiger partial charge >= 0.3 is 12.2 Å². The van der Waals surface area contributed by atoms with Crippen molar-refractivity contribution in [2.45, 2.75) is 149 Å². The second-order valence-electron chi connectivity index (χ2n) is 21.6. The number of carbonyl (C=O) groups is 2. The lowest BCUT2D eigenvalue weighted by Crippen LogP contribution is -2.37. The van der Waals surface area contributed by atoms with Crippen LogP contribution >= 0.6 is 0 Å². The number of likely N-dealkylation sites (tertiary alicyclic amines) is 2. The molecule has 0 radical (unpaired) electrons. The molecule has 2 aliphatic rings. The van der Waals surface area contributed by atoms with E-state index in [1.807, 2.05) is 60.9 Å². The summed E-state index contributed by atoms with van der Waals surface area (Å²) in [6.07, 6.45) is 5.60. The van der Waals surface area contributed by atoms with Crippen LogP contribution in [0.15, 0.2) is 85.1 Å². The SMILES string of the molecule is CCc1c(-c2ccc(-c3ccc(-c4cn(COCC[Si](C)(C)C)c([C@@H]5CCCN5C(=O)OCc5ccccc5)n4)cc3)cc2)nc(C2CCCN2C(=O)OC(C)(C)C)n1COCC[Si](C)(C)C. The first-order valence-corrected chi connectivity index (χ1v) is 31.8. The van der Waals surface area contributed by atoms with Crippen molar-refractivity contribution in [3.05, 3.63) is 108 Å². The Bertz CT molecular complexity index is 2410. The molecule has 3 aromatic carbocycles. The van der Waals surface area contributed by atoms with Gasteiger partial charge in [-0.05, 0) is 81.7 Å². The zero-order valence-corrected chi connectivity index (χ0v) is 43.8. The van der Waals surface area contributed by atoms with Crippen LogP contribution in [0.1, 0.15) is 88.4 Å². The average Bonchev–Trinajstić information content (AvgIpc) is 4.11. The first-order chi connectivity index (χ1) is 31.9. The molecule has 360 valence electrons. The summed E-state index contributed by atoms with van der Waals surface area (Å²) in [5, 5.41) is 0. The molecule has 2 aromatic heterocycles. The van der Waals surface area contributed by atoms with Gasteiger partial charge in [0, 0.05) is 65.5 Å². The molecule has 5 aromatic rings. The van der Waals surface area contributed by atoms with Crippen molar-refractivity contribution < 1.29 is 28.5 Å². The Morgan fingerprint density at radius 2 is 1.21 bits per heavy atom. The maximum atomic E-state index is 13.5. The molecule has 1 unspecified atom stereocenters. The van der Waals surface area contributed by atoms with E-state index in [4.69, 9.17) is 28.9 Å². The van der Waals surface area contributed by atoms with E-state index in [9.17, 15) is 9.59 Å². The quantitative estimate of drug-likeness (QED) is 0.0630. The Morgan fingerprint density at radius 1 is 0.672 bits per heavy atom. The van der Waals surface area contributed by atoms with Gasteiger partial charge in [0.15, 0.2) is 0 Å². The van der Waals surface area contributed by atoms with E-state index in [1.165, 1.54) is 0 Å². The molecule has 14 heteroatoms. The molecule has 2 saturated heterocycles. The Hall–Kier alpha value is -5.03. The third-order valence-corrected chi connectivity index (χ3v) is 15.9. The third-order valence-electron chi connectivity index (χ3n) is 12.5. The van der Waals surface area contributed by atoms with E-state index in [1.54, 1.807) is 0 Å². The summed E-state index contributed by atoms with van der Waals surface area (Å²) < 4.78 is 28.6. The van der Waals surface area contributed by atoms with Crippen molar-refractivity contribution in [1.29, 1.82) is 0 Å². The lowest BCUT2D eigenvalue weighted by atomic mass is 10.0. The fourth-order valence-electron chi connectivity index (χ4n) is 8.79. The fourth-order valence-corrected chi connectivity index (χ4v) is 10.3. The normalized spacial score (nSPS) is 16.8. The third kappa shape index (κ3) is 13.2. The number of hydrogen-bond acceptors (Lipinski definition) is 8. The molecule has 2 atom stereocenters. The summed E-state index contributed by atoms with van der Waals surface area (Å²) in [6, 6.07) is 28.7. The zero-order chi connectivity index (χ0) is 47.9. The largest absolute Gasteiger partial charge is 0.445 e. The van der Waals surface area contributed by atoms with Gasteiger partial charge in [0.05, 0.1) is 23.5 Å². The minimum absolute atomic E-state index is 0.198. The van der Waals surface area contributed by atoms with E-state index >= 15 is 0 Å². The lowest BCUT2D eigenvalue weighted by molar-refractivity contribution is 0.0203. The van der Waals surface area contributed by atoms with Gasteiger partial charge in [0.1, 0.15) is 37.3 Å². The van der Waals surface area contributed by atoms with Crippen molar-refractivity contribution in [2.24, 2.45) is 0 Å². The number of nitrogens with zero attached hydrogens (tertiary/aromatic N) is 6. The van der Waals surface area contributed by atoms with Crippen LogP contribution in [0.2, 0.25) is 51.4 Å². The molecule has 2 amide bonds. The van der Waals surface area contributed by atoms with Crippen LogP contribution in [0.3, 0.4) is 0 Å². The van der Waals surface area contributed by atoms with Crippen LogP contribution in [0.4, 0.5) is 9.59 Å². The predicted octanol–water partition coefficient (Wildman–Crippen LogP) is 12.8. The molecule has 7 rings (SSSR count). The number of rotatable bonds is 18. The average molecular weight is 947 g/mol. The molecule has 0 bridgehead atoms. The van der Waals surface area contributed by atoms with Crippen LogP contribution < -0.4 is 0 Å². The van der Waals surface area contributed by atoms with Gasteiger partial charge in [-0.25, -0.2) is 19.6 Å². The summed E-state index contributed by atoms with van der Waals surface area (Å²) in [7, 11) is -2.56. The number of carbonyl (C=O) groups excluding carboxylic acids is 2. The Kier molecular flexibility index (Phi) is 16.0. The Labute approximate surface area is 401 Å². The van der Waals surface area contributed by atoms with Gasteiger partial charge in [0.2, 0.25) is 0 Å². The van der Waals surface area contributed by atoms with E-state index in [0.29, 0.717) is 39.8 Å². The highest BCUT2D eigenvalue weighted by Crippen LogP contribution is 2.38. The van der Waals surface area contributed by atoms with E-state index in [2.05, 4.69) is 110 Å². The number of amides is 2. The van der Waals surface area contributed by atoms with Gasteiger partial charge in [-0.3, -0.25) is 9.80 Å². The first-order valence-electron chi connectivity index (χ1n) is 24.4. The lowest BCUT2D eigenvalue weighted by Gasteiger charge is -2.29. The monoisotopic (exact) mass is 947 g/mol. The predicted molar refractivity (Wildman–Crippen MR) is 272 cm³/mol. The van der Waals surface area contributed by atoms with Crippen LogP contribution in [0.5, 0.6) is 0 Å². The van der Waals surface area contributed by atoms with Gasteiger partial charge in [-0.1, -0.05) is 125 Å². The highest BCUT2D eigenvalue weighted by atomic mass is 28.3. The van der Waals surface area contributed by atoms with E-state index in [-0.39, 0.29) is 30.9 Å². The van der Waals surface area contributed by atoms with Crippen molar-refractivity contribution in [3.63, 3.8) is 0 Å². The van der Waals surface area contributed by atoms with Crippen molar-refractivity contribution in [1.82, 2.24) is 28.9 Å². The number of imidazole rings is 2. The minimum atomic E-state index is -1.28. The topological polar surface area (TPSA) is 113 Å². The summed E-state index contributed by atoms with van der Waals surface area (Å²) in [5.41, 5.74) is 7.42. The van der Waals surface area contributed by atoms with Gasteiger partial charge in [-0.2, -0.15) is 0 Å². The van der Waals surface area contributed by atoms with Crippen LogP contribution in [0.25, 0.3) is 33.6 Å². The molecule has 67 heavy (non-hydrogen) atoms. The number of hydrogen-bond donors (Lipinski definition) is 0. The van der Waals surface area contributed by atoms with E-state index in [0.717, 1.165) is 101 Å². The molecule has 0 aliphatic carbocycles. The molecule has 4 heterocycles. The van der Waals surface area contributed by atoms with Gasteiger partial charge in [-0.15, -0.1) is 0 Å². The Balaban J connectivity index is 1.12. The maximum absolute atomic E-state index is 13.5. The fraction of sp³-hybridized carbons (Fsp3) is 0.509. The highest BCUT2D eigenvalue weighted by molar-refractivity contribution is 6.76. The molecule has 0 saturated carbocycles. The summed E-state index contributed by atoms with van der Waals surface area (Å²) in [4.78, 5) is 41.2. The molecular formula is C53H74N6O6Si2. The number of benzene rings is 3.